The van der Waals surface area contributed by atoms with Crippen molar-refractivity contribution in [2.45, 2.75) is 6.92 Å². The molecule has 0 fully saturated rings. The molecule has 0 unspecified atom stereocenters. The Kier molecular flexibility index (Phi) is 2.81. The Morgan fingerprint density at radius 2 is 1.33 bits per heavy atom. The van der Waals surface area contributed by atoms with Gasteiger partial charge in [-0.15, -0.1) is 0 Å². The SMILES string of the molecule is Cc1cc(Cl)cc2c1Oc1cc(Cl)cc(Cl)c1O2. The van der Waals surface area contributed by atoms with Crippen molar-refractivity contribution in [2.24, 2.45) is 0 Å². The van der Waals surface area contributed by atoms with Crippen molar-refractivity contribution in [3.8, 4) is 23.0 Å². The predicted molar refractivity (Wildman–Crippen MR) is 72.8 cm³/mol. The Morgan fingerprint density at radius 3 is 2.06 bits per heavy atom. The number of hydrogen-bond acceptors (Lipinski definition) is 2. The van der Waals surface area contributed by atoms with Gasteiger partial charge in [0.25, 0.3) is 0 Å². The molecule has 0 amide bonds. The zero-order valence-electron chi connectivity index (χ0n) is 9.26. The molecule has 1 aliphatic heterocycles. The van der Waals surface area contributed by atoms with Gasteiger partial charge in [-0.3, -0.25) is 0 Å². The molecule has 0 aromatic heterocycles. The van der Waals surface area contributed by atoms with E-state index in [0.717, 1.165) is 5.56 Å². The fraction of sp³-hybridized carbons (Fsp3) is 0.0769. The standard InChI is InChI=1S/C13H7Cl3O2/c1-6-2-7(14)4-10-12(6)17-11-5-8(15)3-9(16)13(11)18-10/h2-5H,1H3. The molecule has 0 spiro atoms. The average Bonchev–Trinajstić information content (AvgIpc) is 2.27. The molecule has 1 heterocycles. The number of aryl methyl sites for hydroxylation is 1. The highest BCUT2D eigenvalue weighted by atomic mass is 35.5. The van der Waals surface area contributed by atoms with Crippen LogP contribution in [-0.2, 0) is 0 Å². The van der Waals surface area contributed by atoms with Gasteiger partial charge < -0.3 is 9.47 Å². The molecule has 18 heavy (non-hydrogen) atoms. The number of rotatable bonds is 0. The third-order valence-electron chi connectivity index (χ3n) is 2.60. The minimum absolute atomic E-state index is 0.403. The van der Waals surface area contributed by atoms with Gasteiger partial charge in [0.2, 0.25) is 0 Å². The summed E-state index contributed by atoms with van der Waals surface area (Å²) in [7, 11) is 0. The van der Waals surface area contributed by atoms with Crippen molar-refractivity contribution in [3.05, 3.63) is 44.9 Å². The van der Waals surface area contributed by atoms with Crippen molar-refractivity contribution >= 4 is 34.8 Å². The Hall–Kier alpha value is -1.09. The maximum absolute atomic E-state index is 6.07. The highest BCUT2D eigenvalue weighted by molar-refractivity contribution is 6.36. The lowest BCUT2D eigenvalue weighted by atomic mass is 10.2. The van der Waals surface area contributed by atoms with Gasteiger partial charge in [0, 0.05) is 22.2 Å². The first-order valence-corrected chi connectivity index (χ1v) is 6.33. The summed E-state index contributed by atoms with van der Waals surface area (Å²) >= 11 is 18.0. The maximum Gasteiger partial charge on any atom is 0.188 e. The van der Waals surface area contributed by atoms with Crippen LogP contribution in [0.15, 0.2) is 24.3 Å². The lowest BCUT2D eigenvalue weighted by molar-refractivity contribution is 0.358. The van der Waals surface area contributed by atoms with E-state index in [0.29, 0.717) is 38.1 Å². The minimum atomic E-state index is 0.403. The van der Waals surface area contributed by atoms with Crippen LogP contribution >= 0.6 is 34.8 Å². The highest BCUT2D eigenvalue weighted by Gasteiger charge is 2.24. The summed E-state index contributed by atoms with van der Waals surface area (Å²) in [5.74, 6) is 2.14. The quantitative estimate of drug-likeness (QED) is 0.518. The fourth-order valence-corrected chi connectivity index (χ4v) is 2.61. The molecule has 5 heteroatoms. The summed E-state index contributed by atoms with van der Waals surface area (Å²) in [6.45, 7) is 1.89. The average molecular weight is 302 g/mol. The highest BCUT2D eigenvalue weighted by Crippen LogP contribution is 2.51. The maximum atomic E-state index is 6.07. The largest absolute Gasteiger partial charge is 0.449 e. The van der Waals surface area contributed by atoms with Gasteiger partial charge in [-0.05, 0) is 24.6 Å². The summed E-state index contributed by atoms with van der Waals surface area (Å²) in [6.07, 6.45) is 0. The summed E-state index contributed by atoms with van der Waals surface area (Å²) in [5, 5.41) is 1.49. The second-order valence-corrected chi connectivity index (χ2v) is 5.25. The molecule has 0 saturated heterocycles. The van der Waals surface area contributed by atoms with Crippen LogP contribution < -0.4 is 9.47 Å². The Balaban J connectivity index is 2.18. The summed E-state index contributed by atoms with van der Waals surface area (Å²) in [6, 6.07) is 6.77. The molecule has 2 nitrogen and oxygen atoms in total. The van der Waals surface area contributed by atoms with E-state index in [1.807, 2.05) is 6.92 Å². The molecule has 0 radical (unpaired) electrons. The van der Waals surface area contributed by atoms with Gasteiger partial charge in [0.05, 0.1) is 5.02 Å². The number of ether oxygens (including phenoxy) is 2. The van der Waals surface area contributed by atoms with Crippen molar-refractivity contribution in [2.75, 3.05) is 0 Å². The number of benzene rings is 2. The van der Waals surface area contributed by atoms with Gasteiger partial charge in [0.1, 0.15) is 0 Å². The molecule has 2 aromatic carbocycles. The Labute approximate surface area is 119 Å². The van der Waals surface area contributed by atoms with E-state index in [-0.39, 0.29) is 0 Å². The molecule has 1 aliphatic rings. The Morgan fingerprint density at radius 1 is 0.778 bits per heavy atom. The second kappa shape index (κ2) is 4.23. The molecule has 0 aliphatic carbocycles. The van der Waals surface area contributed by atoms with E-state index in [4.69, 9.17) is 44.3 Å². The predicted octanol–water partition coefficient (Wildman–Crippen LogP) is 5.85. The smallest absolute Gasteiger partial charge is 0.188 e. The van der Waals surface area contributed by atoms with Crippen molar-refractivity contribution in [1.82, 2.24) is 0 Å². The zero-order valence-corrected chi connectivity index (χ0v) is 11.5. The van der Waals surface area contributed by atoms with Crippen LogP contribution in [0.25, 0.3) is 0 Å². The van der Waals surface area contributed by atoms with Crippen LogP contribution in [0.1, 0.15) is 5.56 Å². The van der Waals surface area contributed by atoms with Gasteiger partial charge in [-0.1, -0.05) is 34.8 Å². The van der Waals surface area contributed by atoms with E-state index < -0.39 is 0 Å². The number of hydrogen-bond donors (Lipinski definition) is 0. The van der Waals surface area contributed by atoms with Crippen LogP contribution in [0, 0.1) is 6.92 Å². The van der Waals surface area contributed by atoms with Crippen LogP contribution in [-0.4, -0.2) is 0 Å². The van der Waals surface area contributed by atoms with Crippen molar-refractivity contribution in [3.63, 3.8) is 0 Å². The summed E-state index contributed by atoms with van der Waals surface area (Å²) in [4.78, 5) is 0. The Bertz CT molecular complexity index is 596. The number of halogens is 3. The van der Waals surface area contributed by atoms with Crippen molar-refractivity contribution < 1.29 is 9.47 Å². The number of fused-ring (bicyclic) bond motifs is 2. The lowest BCUT2D eigenvalue weighted by Gasteiger charge is -2.23. The third-order valence-corrected chi connectivity index (χ3v) is 3.32. The first-order chi connectivity index (χ1) is 8.54. The molecule has 0 atom stereocenters. The van der Waals surface area contributed by atoms with Crippen LogP contribution in [0.2, 0.25) is 15.1 Å². The monoisotopic (exact) mass is 300 g/mol. The van der Waals surface area contributed by atoms with Crippen LogP contribution in [0.4, 0.5) is 0 Å². The normalized spacial score (nSPS) is 12.2. The molecule has 92 valence electrons. The first kappa shape index (κ1) is 12.0. The molecule has 0 saturated carbocycles. The van der Waals surface area contributed by atoms with Crippen LogP contribution in [0.3, 0.4) is 0 Å². The van der Waals surface area contributed by atoms with E-state index >= 15 is 0 Å². The van der Waals surface area contributed by atoms with Gasteiger partial charge in [0.15, 0.2) is 23.0 Å². The molecule has 0 N–H and O–H groups in total. The van der Waals surface area contributed by atoms with Gasteiger partial charge in [-0.25, -0.2) is 0 Å². The topological polar surface area (TPSA) is 18.5 Å². The second-order valence-electron chi connectivity index (χ2n) is 3.97. The molecule has 2 aromatic rings. The lowest BCUT2D eigenvalue weighted by Crippen LogP contribution is -2.01. The molecular formula is C13H7Cl3O2. The third kappa shape index (κ3) is 1.91. The molecule has 0 bridgehead atoms. The van der Waals surface area contributed by atoms with E-state index in [1.54, 1.807) is 24.3 Å². The van der Waals surface area contributed by atoms with E-state index in [1.165, 1.54) is 0 Å². The summed E-state index contributed by atoms with van der Waals surface area (Å²) in [5.41, 5.74) is 0.888. The van der Waals surface area contributed by atoms with E-state index in [2.05, 4.69) is 0 Å². The van der Waals surface area contributed by atoms with E-state index in [9.17, 15) is 0 Å². The first-order valence-electron chi connectivity index (χ1n) is 5.19. The molecular weight excluding hydrogens is 295 g/mol. The van der Waals surface area contributed by atoms with Crippen molar-refractivity contribution in [1.29, 1.82) is 0 Å². The fourth-order valence-electron chi connectivity index (χ4n) is 1.84. The minimum Gasteiger partial charge on any atom is -0.449 e. The summed E-state index contributed by atoms with van der Waals surface area (Å²) < 4.78 is 11.5. The van der Waals surface area contributed by atoms with Gasteiger partial charge in [-0.2, -0.15) is 0 Å². The molecule has 3 rings (SSSR count). The van der Waals surface area contributed by atoms with Gasteiger partial charge >= 0.3 is 0 Å². The van der Waals surface area contributed by atoms with Crippen LogP contribution in [0.5, 0.6) is 23.0 Å². The zero-order chi connectivity index (χ0) is 12.9.